The van der Waals surface area contributed by atoms with Gasteiger partial charge in [0.2, 0.25) is 0 Å². The molecule has 0 spiro atoms. The molecule has 0 amide bonds. The van der Waals surface area contributed by atoms with E-state index in [0.717, 1.165) is 12.2 Å². The van der Waals surface area contributed by atoms with E-state index in [9.17, 15) is 0 Å². The van der Waals surface area contributed by atoms with E-state index in [0.29, 0.717) is 10.0 Å². The summed E-state index contributed by atoms with van der Waals surface area (Å²) in [5.74, 6) is 0. The number of halogens is 2. The Morgan fingerprint density at radius 1 is 1.19 bits per heavy atom. The van der Waals surface area contributed by atoms with Gasteiger partial charge >= 0.3 is 0 Å². The van der Waals surface area contributed by atoms with Crippen LogP contribution >= 0.6 is 23.2 Å². The smallest absolute Gasteiger partial charge is 0.0553 e. The quantitative estimate of drug-likeness (QED) is 0.878. The van der Waals surface area contributed by atoms with Crippen molar-refractivity contribution >= 4 is 28.9 Å². The van der Waals surface area contributed by atoms with Crippen LogP contribution in [0.5, 0.6) is 0 Å². The number of hydrogen-bond acceptors (Lipinski definition) is 1. The molecule has 4 heteroatoms. The molecule has 2 nitrogen and oxygen atoms in total. The van der Waals surface area contributed by atoms with Gasteiger partial charge in [0.15, 0.2) is 0 Å². The summed E-state index contributed by atoms with van der Waals surface area (Å²) in [4.78, 5) is 0. The minimum atomic E-state index is 0.641. The predicted molar refractivity (Wildman–Crippen MR) is 69.2 cm³/mol. The minimum absolute atomic E-state index is 0.641. The number of aromatic nitrogens is 1. The molecule has 0 radical (unpaired) electrons. The van der Waals surface area contributed by atoms with E-state index in [2.05, 4.69) is 16.0 Å². The lowest BCUT2D eigenvalue weighted by atomic mass is 10.3. The van der Waals surface area contributed by atoms with Crippen LogP contribution in [-0.2, 0) is 13.6 Å². The van der Waals surface area contributed by atoms with E-state index in [4.69, 9.17) is 23.2 Å². The summed E-state index contributed by atoms with van der Waals surface area (Å²) in [6.45, 7) is 0.750. The van der Waals surface area contributed by atoms with Gasteiger partial charge in [0.05, 0.1) is 6.54 Å². The molecular formula is C12H12Cl2N2. The Labute approximate surface area is 105 Å². The van der Waals surface area contributed by atoms with Gasteiger partial charge in [0, 0.05) is 34.7 Å². The minimum Gasteiger partial charge on any atom is -0.379 e. The summed E-state index contributed by atoms with van der Waals surface area (Å²) in [5, 5.41) is 4.56. The second kappa shape index (κ2) is 4.81. The van der Waals surface area contributed by atoms with Crippen molar-refractivity contribution in [1.29, 1.82) is 0 Å². The highest BCUT2D eigenvalue weighted by Crippen LogP contribution is 2.22. The molecule has 0 aliphatic heterocycles. The van der Waals surface area contributed by atoms with Gasteiger partial charge in [-0.25, -0.2) is 0 Å². The van der Waals surface area contributed by atoms with Crippen LogP contribution < -0.4 is 5.32 Å². The van der Waals surface area contributed by atoms with E-state index >= 15 is 0 Å². The highest BCUT2D eigenvalue weighted by Gasteiger charge is 2.00. The van der Waals surface area contributed by atoms with Gasteiger partial charge in [-0.15, -0.1) is 0 Å². The van der Waals surface area contributed by atoms with Crippen molar-refractivity contribution in [2.75, 3.05) is 5.32 Å². The third-order valence-corrected chi connectivity index (χ3v) is 2.82. The van der Waals surface area contributed by atoms with Gasteiger partial charge in [-0.3, -0.25) is 0 Å². The largest absolute Gasteiger partial charge is 0.379 e. The van der Waals surface area contributed by atoms with Crippen molar-refractivity contribution in [3.63, 3.8) is 0 Å². The van der Waals surface area contributed by atoms with Crippen LogP contribution in [0.1, 0.15) is 5.69 Å². The fourth-order valence-electron chi connectivity index (χ4n) is 1.53. The second-order valence-electron chi connectivity index (χ2n) is 3.62. The van der Waals surface area contributed by atoms with Gasteiger partial charge in [-0.05, 0) is 30.3 Å². The molecule has 2 rings (SSSR count). The first-order valence-corrected chi connectivity index (χ1v) is 5.71. The SMILES string of the molecule is Cn1cccc1CNc1cc(Cl)cc(Cl)c1. The Bertz CT molecular complexity index is 471. The number of rotatable bonds is 3. The fourth-order valence-corrected chi connectivity index (χ4v) is 2.05. The highest BCUT2D eigenvalue weighted by molar-refractivity contribution is 6.35. The molecule has 16 heavy (non-hydrogen) atoms. The van der Waals surface area contributed by atoms with Crippen molar-refractivity contribution in [3.8, 4) is 0 Å². The van der Waals surface area contributed by atoms with Crippen molar-refractivity contribution in [3.05, 3.63) is 52.3 Å². The molecule has 0 bridgehead atoms. The molecule has 1 aromatic carbocycles. The molecule has 0 aliphatic carbocycles. The number of nitrogens with zero attached hydrogens (tertiary/aromatic N) is 1. The van der Waals surface area contributed by atoms with E-state index in [-0.39, 0.29) is 0 Å². The topological polar surface area (TPSA) is 17.0 Å². The summed E-state index contributed by atoms with van der Waals surface area (Å²) in [6, 6.07) is 9.52. The standard InChI is InChI=1S/C12H12Cl2N2/c1-16-4-2-3-12(16)8-15-11-6-9(13)5-10(14)7-11/h2-7,15H,8H2,1H3. The molecular weight excluding hydrogens is 243 g/mol. The molecule has 0 unspecified atom stereocenters. The van der Waals surface area contributed by atoms with Crippen LogP contribution in [0.3, 0.4) is 0 Å². The average Bonchev–Trinajstić information content (AvgIpc) is 2.59. The summed E-state index contributed by atoms with van der Waals surface area (Å²) >= 11 is 11.8. The van der Waals surface area contributed by atoms with E-state index < -0.39 is 0 Å². The van der Waals surface area contributed by atoms with Crippen LogP contribution in [0.4, 0.5) is 5.69 Å². The highest BCUT2D eigenvalue weighted by atomic mass is 35.5. The molecule has 0 saturated heterocycles. The van der Waals surface area contributed by atoms with Crippen molar-refractivity contribution in [2.45, 2.75) is 6.54 Å². The Morgan fingerprint density at radius 2 is 1.88 bits per heavy atom. The molecule has 84 valence electrons. The lowest BCUT2D eigenvalue weighted by molar-refractivity contribution is 0.842. The van der Waals surface area contributed by atoms with Crippen LogP contribution in [0.25, 0.3) is 0 Å². The molecule has 0 saturated carbocycles. The zero-order chi connectivity index (χ0) is 11.5. The summed E-state index contributed by atoms with van der Waals surface area (Å²) < 4.78 is 2.07. The summed E-state index contributed by atoms with van der Waals surface area (Å²) in [7, 11) is 2.02. The number of nitrogens with one attached hydrogen (secondary N) is 1. The lowest BCUT2D eigenvalue weighted by Crippen LogP contribution is -2.03. The maximum atomic E-state index is 5.91. The average molecular weight is 255 g/mol. The first-order chi connectivity index (χ1) is 7.65. The summed E-state index contributed by atoms with van der Waals surface area (Å²) in [5.41, 5.74) is 2.13. The van der Waals surface area contributed by atoms with Gasteiger partial charge in [0.1, 0.15) is 0 Å². The van der Waals surface area contributed by atoms with Crippen LogP contribution in [0.15, 0.2) is 36.5 Å². The number of benzene rings is 1. The van der Waals surface area contributed by atoms with E-state index in [1.807, 2.05) is 31.4 Å². The molecule has 1 N–H and O–H groups in total. The Kier molecular flexibility index (Phi) is 3.42. The lowest BCUT2D eigenvalue weighted by Gasteiger charge is -2.08. The van der Waals surface area contributed by atoms with Crippen LogP contribution in [-0.4, -0.2) is 4.57 Å². The third kappa shape index (κ3) is 2.71. The molecule has 0 aliphatic rings. The van der Waals surface area contributed by atoms with Crippen molar-refractivity contribution in [1.82, 2.24) is 4.57 Å². The number of anilines is 1. The van der Waals surface area contributed by atoms with Crippen LogP contribution in [0, 0.1) is 0 Å². The molecule has 0 fully saturated rings. The number of hydrogen-bond donors (Lipinski definition) is 1. The maximum absolute atomic E-state index is 5.91. The monoisotopic (exact) mass is 254 g/mol. The molecule has 1 heterocycles. The number of aryl methyl sites for hydroxylation is 1. The molecule has 1 aromatic heterocycles. The third-order valence-electron chi connectivity index (χ3n) is 2.39. The first kappa shape index (κ1) is 11.4. The van der Waals surface area contributed by atoms with Crippen molar-refractivity contribution in [2.24, 2.45) is 7.05 Å². The van der Waals surface area contributed by atoms with Gasteiger partial charge < -0.3 is 9.88 Å². The van der Waals surface area contributed by atoms with E-state index in [1.165, 1.54) is 5.69 Å². The van der Waals surface area contributed by atoms with Crippen LogP contribution in [0.2, 0.25) is 10.0 Å². The molecule has 2 aromatic rings. The fraction of sp³-hybridized carbons (Fsp3) is 0.167. The Hall–Kier alpha value is -1.12. The predicted octanol–water partition coefficient (Wildman–Crippen LogP) is 3.94. The zero-order valence-electron chi connectivity index (χ0n) is 8.87. The first-order valence-electron chi connectivity index (χ1n) is 4.95. The normalized spacial score (nSPS) is 10.4. The van der Waals surface area contributed by atoms with Gasteiger partial charge in [-0.1, -0.05) is 23.2 Å². The zero-order valence-corrected chi connectivity index (χ0v) is 10.4. The Morgan fingerprint density at radius 3 is 2.44 bits per heavy atom. The maximum Gasteiger partial charge on any atom is 0.0553 e. The Balaban J connectivity index is 2.07. The van der Waals surface area contributed by atoms with Crippen molar-refractivity contribution < 1.29 is 0 Å². The van der Waals surface area contributed by atoms with E-state index in [1.54, 1.807) is 6.07 Å². The summed E-state index contributed by atoms with van der Waals surface area (Å²) in [6.07, 6.45) is 2.02. The second-order valence-corrected chi connectivity index (χ2v) is 4.49. The molecule has 0 atom stereocenters. The van der Waals surface area contributed by atoms with Gasteiger partial charge in [-0.2, -0.15) is 0 Å². The van der Waals surface area contributed by atoms with Gasteiger partial charge in [0.25, 0.3) is 0 Å².